The van der Waals surface area contributed by atoms with Crippen molar-refractivity contribution in [1.29, 1.82) is 0 Å². The minimum atomic E-state index is -0.612. The summed E-state index contributed by atoms with van der Waals surface area (Å²) < 4.78 is 11.7. The minimum absolute atomic E-state index is 0.0267. The number of esters is 1. The Morgan fingerprint density at radius 1 is 1.33 bits per heavy atom. The van der Waals surface area contributed by atoms with Gasteiger partial charge >= 0.3 is 5.97 Å². The average Bonchev–Trinajstić information content (AvgIpc) is 3.25. The van der Waals surface area contributed by atoms with E-state index in [1.807, 2.05) is 29.9 Å². The third-order valence-electron chi connectivity index (χ3n) is 3.50. The fraction of sp³-hybridized carbons (Fsp3) is 0.188. The van der Waals surface area contributed by atoms with Crippen molar-refractivity contribution in [3.8, 4) is 0 Å². The van der Waals surface area contributed by atoms with Gasteiger partial charge in [-0.2, -0.15) is 0 Å². The number of carbonyl (C=O) groups excluding carboxylic acids is 3. The van der Waals surface area contributed by atoms with Crippen molar-refractivity contribution in [1.82, 2.24) is 9.47 Å². The molecule has 124 valence electrons. The zero-order valence-electron chi connectivity index (χ0n) is 13.0. The van der Waals surface area contributed by atoms with Crippen LogP contribution in [-0.2, 0) is 23.1 Å². The van der Waals surface area contributed by atoms with Gasteiger partial charge in [-0.1, -0.05) is 0 Å². The summed E-state index contributed by atoms with van der Waals surface area (Å²) in [6.07, 6.45) is 3.53. The van der Waals surface area contributed by atoms with E-state index in [0.717, 1.165) is 22.4 Å². The lowest BCUT2D eigenvalue weighted by Crippen LogP contribution is -2.27. The molecule has 3 rings (SSSR count). The highest BCUT2D eigenvalue weighted by Gasteiger charge is 2.35. The Morgan fingerprint density at radius 2 is 2.12 bits per heavy atom. The molecule has 1 aliphatic rings. The van der Waals surface area contributed by atoms with Crippen LogP contribution in [0.1, 0.15) is 22.0 Å². The second-order valence-electron chi connectivity index (χ2n) is 5.07. The van der Waals surface area contributed by atoms with Gasteiger partial charge < -0.3 is 13.7 Å². The van der Waals surface area contributed by atoms with Gasteiger partial charge in [0.05, 0.1) is 18.6 Å². The SMILES string of the molecule is COC(=O)c1ccc(CN2C(=O)S/C(=C/c3cccn3C)C2=O)o1. The lowest BCUT2D eigenvalue weighted by Gasteiger charge is -2.09. The van der Waals surface area contributed by atoms with Gasteiger partial charge in [0.1, 0.15) is 5.76 Å². The first-order valence-corrected chi connectivity index (χ1v) is 7.85. The number of ether oxygens (including phenoxy) is 1. The van der Waals surface area contributed by atoms with E-state index in [2.05, 4.69) is 4.74 Å². The predicted octanol–water partition coefficient (Wildman–Crippen LogP) is 2.64. The summed E-state index contributed by atoms with van der Waals surface area (Å²) >= 11 is 0.878. The van der Waals surface area contributed by atoms with E-state index in [1.54, 1.807) is 6.08 Å². The maximum atomic E-state index is 12.4. The van der Waals surface area contributed by atoms with Gasteiger partial charge in [0, 0.05) is 18.9 Å². The minimum Gasteiger partial charge on any atom is -0.463 e. The molecule has 24 heavy (non-hydrogen) atoms. The number of imide groups is 1. The molecule has 2 aromatic heterocycles. The highest BCUT2D eigenvalue weighted by molar-refractivity contribution is 8.18. The fourth-order valence-electron chi connectivity index (χ4n) is 2.22. The molecule has 0 radical (unpaired) electrons. The van der Waals surface area contributed by atoms with Crippen LogP contribution < -0.4 is 0 Å². The van der Waals surface area contributed by atoms with E-state index in [9.17, 15) is 14.4 Å². The molecule has 1 fully saturated rings. The molecule has 0 saturated carbocycles. The van der Waals surface area contributed by atoms with Crippen molar-refractivity contribution in [3.63, 3.8) is 0 Å². The molecule has 2 aromatic rings. The number of hydrogen-bond acceptors (Lipinski definition) is 6. The summed E-state index contributed by atoms with van der Waals surface area (Å²) in [4.78, 5) is 37.3. The number of rotatable bonds is 4. The smallest absolute Gasteiger partial charge is 0.373 e. The number of hydrogen-bond donors (Lipinski definition) is 0. The van der Waals surface area contributed by atoms with Gasteiger partial charge in [-0.25, -0.2) is 4.79 Å². The maximum absolute atomic E-state index is 12.4. The second kappa shape index (κ2) is 6.40. The number of amides is 2. The van der Waals surface area contributed by atoms with E-state index < -0.39 is 5.97 Å². The lowest BCUT2D eigenvalue weighted by atomic mass is 10.3. The van der Waals surface area contributed by atoms with Crippen molar-refractivity contribution in [2.45, 2.75) is 6.54 Å². The van der Waals surface area contributed by atoms with Gasteiger partial charge in [0.15, 0.2) is 0 Å². The summed E-state index contributed by atoms with van der Waals surface area (Å²) in [6, 6.07) is 6.69. The highest BCUT2D eigenvalue weighted by atomic mass is 32.2. The van der Waals surface area contributed by atoms with Crippen molar-refractivity contribution in [3.05, 3.63) is 52.6 Å². The first-order chi connectivity index (χ1) is 11.5. The van der Waals surface area contributed by atoms with Gasteiger partial charge in [0.25, 0.3) is 11.1 Å². The average molecular weight is 346 g/mol. The summed E-state index contributed by atoms with van der Waals surface area (Å²) in [6.45, 7) is -0.0356. The van der Waals surface area contributed by atoms with Crippen LogP contribution in [0.2, 0.25) is 0 Å². The number of methoxy groups -OCH3 is 1. The molecule has 2 amide bonds. The molecule has 3 heterocycles. The van der Waals surface area contributed by atoms with E-state index in [0.29, 0.717) is 10.7 Å². The molecular weight excluding hydrogens is 332 g/mol. The fourth-order valence-corrected chi connectivity index (χ4v) is 3.05. The molecule has 0 bridgehead atoms. The van der Waals surface area contributed by atoms with E-state index in [-0.39, 0.29) is 23.5 Å². The molecule has 8 heteroatoms. The van der Waals surface area contributed by atoms with Gasteiger partial charge in [-0.15, -0.1) is 0 Å². The Labute approximate surface area is 141 Å². The molecule has 1 aliphatic heterocycles. The Hall–Kier alpha value is -2.74. The molecule has 0 aliphatic carbocycles. The van der Waals surface area contributed by atoms with Crippen LogP contribution in [0.25, 0.3) is 6.08 Å². The van der Waals surface area contributed by atoms with E-state index in [1.165, 1.54) is 19.2 Å². The number of aromatic nitrogens is 1. The van der Waals surface area contributed by atoms with Crippen molar-refractivity contribution >= 4 is 35.0 Å². The van der Waals surface area contributed by atoms with Crippen molar-refractivity contribution in [2.75, 3.05) is 7.11 Å². The number of carbonyl (C=O) groups is 3. The summed E-state index contributed by atoms with van der Waals surface area (Å²) in [5, 5.41) is -0.378. The van der Waals surface area contributed by atoms with Crippen LogP contribution >= 0.6 is 11.8 Å². The van der Waals surface area contributed by atoms with E-state index >= 15 is 0 Å². The zero-order valence-corrected chi connectivity index (χ0v) is 13.8. The molecule has 0 spiro atoms. The largest absolute Gasteiger partial charge is 0.463 e. The molecule has 0 unspecified atom stereocenters. The topological polar surface area (TPSA) is 81.8 Å². The number of furan rings is 1. The Morgan fingerprint density at radius 3 is 2.79 bits per heavy atom. The Balaban J connectivity index is 1.77. The summed E-state index contributed by atoms with van der Waals surface area (Å²) in [5.41, 5.74) is 0.825. The van der Waals surface area contributed by atoms with Gasteiger partial charge in [0.2, 0.25) is 5.76 Å². The number of aryl methyl sites for hydroxylation is 1. The van der Waals surface area contributed by atoms with Crippen LogP contribution in [0, 0.1) is 0 Å². The molecule has 7 nitrogen and oxygen atoms in total. The number of nitrogens with zero attached hydrogens (tertiary/aromatic N) is 2. The third kappa shape index (κ3) is 3.00. The second-order valence-corrected chi connectivity index (χ2v) is 6.06. The van der Waals surface area contributed by atoms with Crippen LogP contribution in [0.5, 0.6) is 0 Å². The van der Waals surface area contributed by atoms with Crippen molar-refractivity contribution < 1.29 is 23.5 Å². The Bertz CT molecular complexity index is 848. The zero-order chi connectivity index (χ0) is 17.3. The quantitative estimate of drug-likeness (QED) is 0.625. The monoisotopic (exact) mass is 346 g/mol. The molecule has 0 atom stereocenters. The first-order valence-electron chi connectivity index (χ1n) is 7.03. The maximum Gasteiger partial charge on any atom is 0.373 e. The predicted molar refractivity (Wildman–Crippen MR) is 87.0 cm³/mol. The van der Waals surface area contributed by atoms with Crippen LogP contribution in [0.15, 0.2) is 39.8 Å². The van der Waals surface area contributed by atoms with Crippen LogP contribution in [0.4, 0.5) is 4.79 Å². The molecule has 0 N–H and O–H groups in total. The molecule has 1 saturated heterocycles. The van der Waals surface area contributed by atoms with Crippen LogP contribution in [0.3, 0.4) is 0 Å². The number of thioether (sulfide) groups is 1. The lowest BCUT2D eigenvalue weighted by molar-refractivity contribution is -0.123. The molecule has 0 aromatic carbocycles. The van der Waals surface area contributed by atoms with Crippen molar-refractivity contribution in [2.24, 2.45) is 7.05 Å². The van der Waals surface area contributed by atoms with Gasteiger partial charge in [-0.3, -0.25) is 14.5 Å². The summed E-state index contributed by atoms with van der Waals surface area (Å²) in [5.74, 6) is -0.641. The molecular formula is C16H14N2O5S. The third-order valence-corrected chi connectivity index (χ3v) is 4.41. The van der Waals surface area contributed by atoms with E-state index in [4.69, 9.17) is 4.42 Å². The summed E-state index contributed by atoms with van der Waals surface area (Å²) in [7, 11) is 3.10. The first kappa shape index (κ1) is 16.1. The standard InChI is InChI=1S/C16H14N2O5S/c1-17-7-3-4-10(17)8-13-14(19)18(16(21)24-13)9-11-5-6-12(23-11)15(20)22-2/h3-8H,9H2,1-2H3/b13-8+. The van der Waals surface area contributed by atoms with Gasteiger partial charge in [-0.05, 0) is 42.1 Å². The normalized spacial score (nSPS) is 16.2. The van der Waals surface area contributed by atoms with Crippen LogP contribution in [-0.4, -0.2) is 33.7 Å². The Kier molecular flexibility index (Phi) is 4.30. The highest BCUT2D eigenvalue weighted by Crippen LogP contribution is 2.33.